The van der Waals surface area contributed by atoms with E-state index >= 15 is 0 Å². The van der Waals surface area contributed by atoms with Gasteiger partial charge in [-0.2, -0.15) is 0 Å². The molecule has 9 heteroatoms. The Bertz CT molecular complexity index is 1130. The Hall–Kier alpha value is -3.29. The van der Waals surface area contributed by atoms with Crippen LogP contribution < -0.4 is 15.1 Å². The minimum atomic E-state index is -1.14. The average molecular weight is 499 g/mol. The van der Waals surface area contributed by atoms with E-state index in [2.05, 4.69) is 32.2 Å². The van der Waals surface area contributed by atoms with Crippen LogP contribution in [0.15, 0.2) is 67.0 Å². The summed E-state index contributed by atoms with van der Waals surface area (Å²) in [6, 6.07) is 17.0. The zero-order valence-corrected chi connectivity index (χ0v) is 19.8. The molecule has 3 aromatic rings. The van der Waals surface area contributed by atoms with E-state index in [0.29, 0.717) is 0 Å². The second-order valence-corrected chi connectivity index (χ2v) is 8.84. The number of carboxylic acids is 1. The number of piperazine rings is 1. The molecular formula is C25H24Cl2N4O3. The number of anilines is 2. The van der Waals surface area contributed by atoms with Crippen LogP contribution in [0.4, 0.5) is 11.4 Å². The number of carbonyl (C=O) groups excluding carboxylic acids is 1. The predicted molar refractivity (Wildman–Crippen MR) is 134 cm³/mol. The van der Waals surface area contributed by atoms with Gasteiger partial charge in [0.05, 0.1) is 15.6 Å². The second-order valence-electron chi connectivity index (χ2n) is 8.02. The normalized spacial score (nSPS) is 14.5. The molecule has 2 N–H and O–H groups in total. The molecule has 1 amide bonds. The first-order valence-corrected chi connectivity index (χ1v) is 11.6. The number of para-hydroxylation sites is 1. The molecule has 1 saturated heterocycles. The van der Waals surface area contributed by atoms with Gasteiger partial charge in [0.25, 0.3) is 5.91 Å². The lowest BCUT2D eigenvalue weighted by Crippen LogP contribution is -2.46. The van der Waals surface area contributed by atoms with Gasteiger partial charge in [0.15, 0.2) is 0 Å². The summed E-state index contributed by atoms with van der Waals surface area (Å²) in [6.07, 6.45) is 2.70. The minimum absolute atomic E-state index is 0.00887. The number of nitrogens with one attached hydrogen (secondary N) is 1. The van der Waals surface area contributed by atoms with E-state index in [4.69, 9.17) is 23.2 Å². The smallest absolute Gasteiger partial charge is 0.326 e. The van der Waals surface area contributed by atoms with Gasteiger partial charge in [0.1, 0.15) is 6.04 Å². The summed E-state index contributed by atoms with van der Waals surface area (Å²) in [7, 11) is 0. The molecule has 1 atom stereocenters. The van der Waals surface area contributed by atoms with Crippen LogP contribution in [-0.4, -0.2) is 54.2 Å². The van der Waals surface area contributed by atoms with Crippen molar-refractivity contribution >= 4 is 46.5 Å². The Labute approximate surface area is 207 Å². The molecule has 7 nitrogen and oxygen atoms in total. The van der Waals surface area contributed by atoms with E-state index in [1.807, 2.05) is 42.5 Å². The number of carbonyl (C=O) groups is 2. The van der Waals surface area contributed by atoms with Crippen LogP contribution in [0.5, 0.6) is 0 Å². The van der Waals surface area contributed by atoms with Crippen LogP contribution in [-0.2, 0) is 11.2 Å². The lowest BCUT2D eigenvalue weighted by atomic mass is 10.0. The van der Waals surface area contributed by atoms with E-state index in [1.54, 1.807) is 0 Å². The van der Waals surface area contributed by atoms with Gasteiger partial charge >= 0.3 is 5.97 Å². The summed E-state index contributed by atoms with van der Waals surface area (Å²) in [4.78, 5) is 32.9. The number of benzene rings is 2. The van der Waals surface area contributed by atoms with Crippen molar-refractivity contribution < 1.29 is 14.7 Å². The topological polar surface area (TPSA) is 85.8 Å². The van der Waals surface area contributed by atoms with Crippen LogP contribution >= 0.6 is 23.2 Å². The highest BCUT2D eigenvalue weighted by Crippen LogP contribution is 2.24. The molecule has 1 aliphatic rings. The molecule has 1 fully saturated rings. The van der Waals surface area contributed by atoms with Crippen molar-refractivity contribution in [1.29, 1.82) is 0 Å². The van der Waals surface area contributed by atoms with E-state index < -0.39 is 17.9 Å². The molecule has 4 rings (SSSR count). The van der Waals surface area contributed by atoms with Crippen molar-refractivity contribution in [3.05, 3.63) is 88.2 Å². The van der Waals surface area contributed by atoms with Crippen LogP contribution in [0.1, 0.15) is 15.9 Å². The van der Waals surface area contributed by atoms with Gasteiger partial charge in [-0.05, 0) is 29.8 Å². The SMILES string of the molecule is O=C(NC(Cc1ccc(N2CCN(c3ccccc3)CC2)cc1)C(=O)O)c1c(Cl)cncc1Cl. The van der Waals surface area contributed by atoms with Gasteiger partial charge in [0.2, 0.25) is 0 Å². The van der Waals surface area contributed by atoms with Crippen LogP contribution in [0.3, 0.4) is 0 Å². The van der Waals surface area contributed by atoms with E-state index in [0.717, 1.165) is 37.4 Å². The number of carboxylic acid groups (broad SMARTS) is 1. The average Bonchev–Trinajstić information content (AvgIpc) is 2.84. The molecule has 2 aromatic carbocycles. The predicted octanol–water partition coefficient (Wildman–Crippen LogP) is 4.14. The van der Waals surface area contributed by atoms with Crippen molar-refractivity contribution in [3.63, 3.8) is 0 Å². The monoisotopic (exact) mass is 498 g/mol. The van der Waals surface area contributed by atoms with Crippen molar-refractivity contribution in [1.82, 2.24) is 10.3 Å². The van der Waals surface area contributed by atoms with Crippen LogP contribution in [0.25, 0.3) is 0 Å². The van der Waals surface area contributed by atoms with Gasteiger partial charge in [-0.15, -0.1) is 0 Å². The van der Waals surface area contributed by atoms with Gasteiger partial charge in [-0.1, -0.05) is 53.5 Å². The summed E-state index contributed by atoms with van der Waals surface area (Å²) < 4.78 is 0. The van der Waals surface area contributed by atoms with Crippen LogP contribution in [0, 0.1) is 0 Å². The van der Waals surface area contributed by atoms with E-state index in [9.17, 15) is 14.7 Å². The Morgan fingerprint density at radius 2 is 1.41 bits per heavy atom. The molecular weight excluding hydrogens is 475 g/mol. The lowest BCUT2D eigenvalue weighted by Gasteiger charge is -2.37. The Kier molecular flexibility index (Phi) is 7.55. The number of aliphatic carboxylic acids is 1. The Balaban J connectivity index is 1.37. The minimum Gasteiger partial charge on any atom is -0.480 e. The molecule has 0 radical (unpaired) electrons. The van der Waals surface area contributed by atoms with E-state index in [-0.39, 0.29) is 22.0 Å². The summed E-state index contributed by atoms with van der Waals surface area (Å²) in [5, 5.41) is 12.3. The Morgan fingerprint density at radius 3 is 1.94 bits per heavy atom. The molecule has 1 aliphatic heterocycles. The lowest BCUT2D eigenvalue weighted by molar-refractivity contribution is -0.139. The standard InChI is InChI=1S/C25H24Cl2N4O3/c26-20-15-28-16-21(27)23(20)24(32)29-22(25(33)34)14-17-6-8-19(9-7-17)31-12-10-30(11-13-31)18-4-2-1-3-5-18/h1-9,15-16,22H,10-14H2,(H,29,32)(H,33,34). The van der Waals surface area contributed by atoms with Crippen molar-refractivity contribution in [2.75, 3.05) is 36.0 Å². The third-order valence-corrected chi connectivity index (χ3v) is 6.40. The molecule has 0 aliphatic carbocycles. The third-order valence-electron chi connectivity index (χ3n) is 5.83. The highest BCUT2D eigenvalue weighted by molar-refractivity contribution is 6.39. The number of hydrogen-bond acceptors (Lipinski definition) is 5. The highest BCUT2D eigenvalue weighted by atomic mass is 35.5. The first-order valence-electron chi connectivity index (χ1n) is 10.9. The number of amides is 1. The quantitative estimate of drug-likeness (QED) is 0.509. The maximum Gasteiger partial charge on any atom is 0.326 e. The molecule has 0 spiro atoms. The second kappa shape index (κ2) is 10.8. The number of halogens is 2. The van der Waals surface area contributed by atoms with Crippen molar-refractivity contribution in [3.8, 4) is 0 Å². The summed E-state index contributed by atoms with van der Waals surface area (Å²) in [5.74, 6) is -1.80. The fourth-order valence-electron chi connectivity index (χ4n) is 4.00. The van der Waals surface area contributed by atoms with Gasteiger partial charge in [-0.25, -0.2) is 4.79 Å². The van der Waals surface area contributed by atoms with E-state index in [1.165, 1.54) is 18.1 Å². The number of hydrogen-bond donors (Lipinski definition) is 2. The van der Waals surface area contributed by atoms with Gasteiger partial charge < -0.3 is 20.2 Å². The molecule has 34 heavy (non-hydrogen) atoms. The molecule has 0 bridgehead atoms. The highest BCUT2D eigenvalue weighted by Gasteiger charge is 2.24. The maximum atomic E-state index is 12.6. The zero-order chi connectivity index (χ0) is 24.1. The molecule has 1 unspecified atom stereocenters. The largest absolute Gasteiger partial charge is 0.480 e. The number of nitrogens with zero attached hydrogens (tertiary/aromatic N) is 3. The van der Waals surface area contributed by atoms with Crippen molar-refractivity contribution in [2.45, 2.75) is 12.5 Å². The molecule has 1 aromatic heterocycles. The number of pyridine rings is 1. The fourth-order valence-corrected chi connectivity index (χ4v) is 4.54. The van der Waals surface area contributed by atoms with Crippen molar-refractivity contribution in [2.24, 2.45) is 0 Å². The summed E-state index contributed by atoms with van der Waals surface area (Å²) in [5.41, 5.74) is 3.12. The first-order chi connectivity index (χ1) is 16.4. The fraction of sp³-hybridized carbons (Fsp3) is 0.240. The molecule has 176 valence electrons. The van der Waals surface area contributed by atoms with Gasteiger partial charge in [0, 0.05) is 56.4 Å². The maximum absolute atomic E-state index is 12.6. The third kappa shape index (κ3) is 5.61. The zero-order valence-electron chi connectivity index (χ0n) is 18.3. The van der Waals surface area contributed by atoms with Crippen LogP contribution in [0.2, 0.25) is 10.0 Å². The number of aromatic nitrogens is 1. The Morgan fingerprint density at radius 1 is 0.882 bits per heavy atom. The molecule has 2 heterocycles. The first kappa shape index (κ1) is 23.9. The number of rotatable bonds is 7. The molecule has 0 saturated carbocycles. The van der Waals surface area contributed by atoms with Gasteiger partial charge in [-0.3, -0.25) is 9.78 Å². The summed E-state index contributed by atoms with van der Waals surface area (Å²) >= 11 is 12.0. The summed E-state index contributed by atoms with van der Waals surface area (Å²) in [6.45, 7) is 3.66.